The summed E-state index contributed by atoms with van der Waals surface area (Å²) in [5.41, 5.74) is 3.89. The molecule has 0 unspecified atom stereocenters. The highest BCUT2D eigenvalue weighted by atomic mass is 32.1. The van der Waals surface area contributed by atoms with Crippen molar-refractivity contribution in [1.29, 1.82) is 5.26 Å². The topological polar surface area (TPSA) is 69.5 Å². The maximum atomic E-state index is 12.8. The van der Waals surface area contributed by atoms with Crippen molar-refractivity contribution >= 4 is 38.2 Å². The Labute approximate surface area is 148 Å². The van der Waals surface area contributed by atoms with Gasteiger partial charge in [0.2, 0.25) is 0 Å². The van der Waals surface area contributed by atoms with Crippen molar-refractivity contribution in [3.8, 4) is 6.07 Å². The first-order chi connectivity index (χ1) is 12.2. The zero-order valence-electron chi connectivity index (χ0n) is 13.6. The summed E-state index contributed by atoms with van der Waals surface area (Å²) in [6.45, 7) is 2.03. The first-order valence-electron chi connectivity index (χ1n) is 8.01. The zero-order chi connectivity index (χ0) is 17.4. The molecule has 4 nitrogen and oxygen atoms in total. The Bertz CT molecular complexity index is 1100. The van der Waals surface area contributed by atoms with Gasteiger partial charge in [0.05, 0.1) is 16.3 Å². The smallest absolute Gasteiger partial charge is 0.161 e. The number of carbonyl (C=O) groups excluding carboxylic acids is 1. The van der Waals surface area contributed by atoms with Crippen LogP contribution in [0.15, 0.2) is 48.7 Å². The second-order valence-electron chi connectivity index (χ2n) is 6.04. The molecule has 4 aromatic rings. The van der Waals surface area contributed by atoms with Crippen LogP contribution >= 0.6 is 11.3 Å². The third kappa shape index (κ3) is 2.71. The zero-order valence-corrected chi connectivity index (χ0v) is 14.4. The quantitative estimate of drug-likeness (QED) is 0.592. The summed E-state index contributed by atoms with van der Waals surface area (Å²) in [4.78, 5) is 20.5. The number of hydrogen-bond donors (Lipinski definition) is 1. The van der Waals surface area contributed by atoms with Gasteiger partial charge in [0.1, 0.15) is 5.01 Å². The molecule has 0 aliphatic heterocycles. The molecule has 4 rings (SSSR count). The number of aromatic amines is 1. The molecular formula is C20H15N3OS. The predicted octanol–water partition coefficient (Wildman–Crippen LogP) is 4.51. The van der Waals surface area contributed by atoms with Crippen LogP contribution < -0.4 is 0 Å². The highest BCUT2D eigenvalue weighted by Gasteiger charge is 2.25. The number of thiazole rings is 1. The molecular weight excluding hydrogens is 330 g/mol. The minimum atomic E-state index is -0.827. The van der Waals surface area contributed by atoms with Crippen LogP contribution in [0, 0.1) is 18.3 Å². The third-order valence-corrected chi connectivity index (χ3v) is 5.47. The van der Waals surface area contributed by atoms with Gasteiger partial charge in [-0.05, 0) is 36.2 Å². The highest BCUT2D eigenvalue weighted by molar-refractivity contribution is 7.18. The highest BCUT2D eigenvalue weighted by Crippen LogP contribution is 2.30. The molecule has 2 heterocycles. The summed E-state index contributed by atoms with van der Waals surface area (Å²) in [5.74, 6) is -0.947. The van der Waals surface area contributed by atoms with Gasteiger partial charge in [0.25, 0.3) is 0 Å². The second-order valence-corrected chi connectivity index (χ2v) is 7.10. The summed E-state index contributed by atoms with van der Waals surface area (Å²) in [7, 11) is 0. The average molecular weight is 345 g/mol. The van der Waals surface area contributed by atoms with Gasteiger partial charge in [-0.1, -0.05) is 24.3 Å². The number of aryl methyl sites for hydroxylation is 1. The maximum absolute atomic E-state index is 12.8. The molecule has 1 N–H and O–H groups in total. The van der Waals surface area contributed by atoms with Crippen LogP contribution in [0.4, 0.5) is 0 Å². The fourth-order valence-electron chi connectivity index (χ4n) is 3.16. The molecule has 0 spiro atoms. The standard InChI is InChI=1S/C20H15N3OS/c1-12-5-4-7-16-19(12)13(11-22-16)9-17(24)14(10-21)20-23-15-6-2-3-8-18(15)25-20/h2-8,11,14,22H,9H2,1H3/t14-/m0/s1. The van der Waals surface area contributed by atoms with E-state index < -0.39 is 5.92 Å². The lowest BCUT2D eigenvalue weighted by Gasteiger charge is -2.05. The Balaban J connectivity index is 1.67. The van der Waals surface area contributed by atoms with Gasteiger partial charge in [0, 0.05) is 23.5 Å². The van der Waals surface area contributed by atoms with E-state index in [1.54, 1.807) is 0 Å². The molecule has 122 valence electrons. The number of fused-ring (bicyclic) bond motifs is 2. The maximum Gasteiger partial charge on any atom is 0.161 e. The predicted molar refractivity (Wildman–Crippen MR) is 99.7 cm³/mol. The fourth-order valence-corrected chi connectivity index (χ4v) is 4.20. The van der Waals surface area contributed by atoms with Crippen molar-refractivity contribution in [2.75, 3.05) is 0 Å². The number of nitrogens with zero attached hydrogens (tertiary/aromatic N) is 2. The largest absolute Gasteiger partial charge is 0.361 e. The van der Waals surface area contributed by atoms with Gasteiger partial charge >= 0.3 is 0 Å². The lowest BCUT2D eigenvalue weighted by atomic mass is 9.97. The van der Waals surface area contributed by atoms with Crippen molar-refractivity contribution in [2.24, 2.45) is 0 Å². The number of nitrogens with one attached hydrogen (secondary N) is 1. The SMILES string of the molecule is Cc1cccc2[nH]cc(CC(=O)[C@H](C#N)c3nc4ccccc4s3)c12. The molecule has 0 aliphatic carbocycles. The molecule has 0 radical (unpaired) electrons. The van der Waals surface area contributed by atoms with Crippen molar-refractivity contribution in [1.82, 2.24) is 9.97 Å². The normalized spacial score (nSPS) is 12.3. The number of nitriles is 1. The fraction of sp³-hybridized carbons (Fsp3) is 0.150. The van der Waals surface area contributed by atoms with Crippen LogP contribution in [0.2, 0.25) is 0 Å². The van der Waals surface area contributed by atoms with E-state index in [9.17, 15) is 10.1 Å². The van der Waals surface area contributed by atoms with Gasteiger partial charge in [-0.3, -0.25) is 4.79 Å². The number of H-pyrrole nitrogens is 1. The van der Waals surface area contributed by atoms with Crippen LogP contribution in [0.3, 0.4) is 0 Å². The van der Waals surface area contributed by atoms with Gasteiger partial charge in [-0.2, -0.15) is 5.26 Å². The molecule has 0 bridgehead atoms. The average Bonchev–Trinajstić information content (AvgIpc) is 3.20. The molecule has 2 aromatic heterocycles. The van der Waals surface area contributed by atoms with E-state index in [1.165, 1.54) is 11.3 Å². The minimum Gasteiger partial charge on any atom is -0.361 e. The Hall–Kier alpha value is -2.97. The van der Waals surface area contributed by atoms with Crippen LogP contribution in [0.5, 0.6) is 0 Å². The van der Waals surface area contributed by atoms with Crippen molar-refractivity contribution < 1.29 is 4.79 Å². The first-order valence-corrected chi connectivity index (χ1v) is 8.82. The minimum absolute atomic E-state index is 0.120. The number of para-hydroxylation sites is 1. The number of Topliss-reactive ketones (excluding diaryl/α,β-unsaturated/α-hetero) is 1. The Morgan fingerprint density at radius 2 is 2.12 bits per heavy atom. The van der Waals surface area contributed by atoms with Gasteiger partial charge in [0.15, 0.2) is 11.7 Å². The number of carbonyl (C=O) groups is 1. The van der Waals surface area contributed by atoms with E-state index in [-0.39, 0.29) is 12.2 Å². The van der Waals surface area contributed by atoms with E-state index in [2.05, 4.69) is 16.0 Å². The Kier molecular flexibility index (Phi) is 3.83. The van der Waals surface area contributed by atoms with Crippen molar-refractivity contribution in [2.45, 2.75) is 19.3 Å². The molecule has 0 saturated carbocycles. The number of rotatable bonds is 4. The molecule has 25 heavy (non-hydrogen) atoms. The van der Waals surface area contributed by atoms with Crippen molar-refractivity contribution in [3.05, 3.63) is 64.8 Å². The van der Waals surface area contributed by atoms with E-state index in [4.69, 9.17) is 0 Å². The molecule has 2 aromatic carbocycles. The van der Waals surface area contributed by atoms with E-state index in [1.807, 2.05) is 55.6 Å². The van der Waals surface area contributed by atoms with Crippen LogP contribution in [-0.2, 0) is 11.2 Å². The summed E-state index contributed by atoms with van der Waals surface area (Å²) >= 11 is 1.42. The summed E-state index contributed by atoms with van der Waals surface area (Å²) in [6, 6.07) is 15.8. The molecule has 1 atom stereocenters. The van der Waals surface area contributed by atoms with E-state index in [0.717, 1.165) is 32.2 Å². The number of ketones is 1. The van der Waals surface area contributed by atoms with Gasteiger partial charge in [-0.25, -0.2) is 4.98 Å². The Morgan fingerprint density at radius 1 is 1.28 bits per heavy atom. The van der Waals surface area contributed by atoms with E-state index in [0.29, 0.717) is 5.01 Å². The van der Waals surface area contributed by atoms with E-state index >= 15 is 0 Å². The monoisotopic (exact) mass is 345 g/mol. The molecule has 0 fully saturated rings. The van der Waals surface area contributed by atoms with Crippen LogP contribution in [0.1, 0.15) is 22.1 Å². The lowest BCUT2D eigenvalue weighted by Crippen LogP contribution is -2.13. The number of benzene rings is 2. The molecule has 0 saturated heterocycles. The third-order valence-electron chi connectivity index (χ3n) is 4.37. The van der Waals surface area contributed by atoms with Crippen molar-refractivity contribution in [3.63, 3.8) is 0 Å². The van der Waals surface area contributed by atoms with Crippen LogP contribution in [-0.4, -0.2) is 15.8 Å². The summed E-state index contributed by atoms with van der Waals surface area (Å²) in [6.07, 6.45) is 2.08. The second kappa shape index (κ2) is 6.15. The lowest BCUT2D eigenvalue weighted by molar-refractivity contribution is -0.118. The molecule has 5 heteroatoms. The van der Waals surface area contributed by atoms with Gasteiger partial charge in [-0.15, -0.1) is 11.3 Å². The Morgan fingerprint density at radius 3 is 2.92 bits per heavy atom. The number of aromatic nitrogens is 2. The summed E-state index contributed by atoms with van der Waals surface area (Å²) < 4.78 is 0.994. The van der Waals surface area contributed by atoms with Gasteiger partial charge < -0.3 is 4.98 Å². The first kappa shape index (κ1) is 15.6. The molecule has 0 amide bonds. The van der Waals surface area contributed by atoms with Crippen LogP contribution in [0.25, 0.3) is 21.1 Å². The summed E-state index contributed by atoms with van der Waals surface area (Å²) in [5, 5.41) is 11.2. The molecule has 0 aliphatic rings. The number of hydrogen-bond acceptors (Lipinski definition) is 4.